The van der Waals surface area contributed by atoms with E-state index in [1.807, 2.05) is 25.1 Å². The molecule has 1 aromatic carbocycles. The van der Waals surface area contributed by atoms with Crippen molar-refractivity contribution in [3.8, 4) is 0 Å². The Morgan fingerprint density at radius 1 is 1.35 bits per heavy atom. The van der Waals surface area contributed by atoms with Crippen LogP contribution in [0.4, 0.5) is 0 Å². The molecule has 0 spiro atoms. The molecule has 0 atom stereocenters. The van der Waals surface area contributed by atoms with Crippen LogP contribution in [-0.4, -0.2) is 10.8 Å². The van der Waals surface area contributed by atoms with Crippen LogP contribution in [0.25, 0.3) is 11.1 Å². The summed E-state index contributed by atoms with van der Waals surface area (Å²) in [4.78, 5) is 16.5. The molecule has 1 aromatic heterocycles. The maximum absolute atomic E-state index is 12.2. The zero-order valence-electron chi connectivity index (χ0n) is 9.90. The second kappa shape index (κ2) is 3.99. The third kappa shape index (κ3) is 1.86. The summed E-state index contributed by atoms with van der Waals surface area (Å²) >= 11 is 0. The summed E-state index contributed by atoms with van der Waals surface area (Å²) in [6.07, 6.45) is 4.44. The molecule has 0 unspecified atom stereocenters. The Balaban J connectivity index is 1.96. The number of oxazole rings is 1. The number of Topliss-reactive ketones (excluding diaryl/α,β-unsaturated/α-hetero) is 1. The first-order chi connectivity index (χ1) is 8.24. The highest BCUT2D eigenvalue weighted by Gasteiger charge is 2.24. The third-order valence-electron chi connectivity index (χ3n) is 3.50. The zero-order valence-corrected chi connectivity index (χ0v) is 9.90. The normalized spacial score (nSPS) is 16.8. The Kier molecular flexibility index (Phi) is 2.46. The van der Waals surface area contributed by atoms with E-state index in [1.165, 1.54) is 12.8 Å². The van der Waals surface area contributed by atoms with Crippen molar-refractivity contribution in [3.05, 3.63) is 29.7 Å². The predicted molar refractivity (Wildman–Crippen MR) is 65.0 cm³/mol. The maximum atomic E-state index is 12.2. The molecule has 3 rings (SSSR count). The molecule has 3 nitrogen and oxygen atoms in total. The van der Waals surface area contributed by atoms with E-state index in [4.69, 9.17) is 4.42 Å². The van der Waals surface area contributed by atoms with Crippen molar-refractivity contribution < 1.29 is 9.21 Å². The van der Waals surface area contributed by atoms with E-state index in [2.05, 4.69) is 4.98 Å². The smallest absolute Gasteiger partial charge is 0.192 e. The van der Waals surface area contributed by atoms with E-state index in [-0.39, 0.29) is 11.7 Å². The van der Waals surface area contributed by atoms with Crippen LogP contribution >= 0.6 is 0 Å². The highest BCUT2D eigenvalue weighted by atomic mass is 16.3. The van der Waals surface area contributed by atoms with Crippen molar-refractivity contribution >= 4 is 16.9 Å². The Bertz CT molecular complexity index is 565. The molecule has 0 bridgehead atoms. The standard InChI is InChI=1S/C14H15NO2/c1-9-15-12-8-11(6-7-13(12)17-9)14(16)10-4-2-3-5-10/h6-8,10H,2-5H2,1H3. The number of nitrogens with zero attached hydrogens (tertiary/aromatic N) is 1. The summed E-state index contributed by atoms with van der Waals surface area (Å²) in [7, 11) is 0. The lowest BCUT2D eigenvalue weighted by Gasteiger charge is -2.07. The summed E-state index contributed by atoms with van der Waals surface area (Å²) in [5.41, 5.74) is 2.31. The van der Waals surface area contributed by atoms with Crippen LogP contribution in [0.5, 0.6) is 0 Å². The molecule has 2 aromatic rings. The van der Waals surface area contributed by atoms with Crippen molar-refractivity contribution in [2.45, 2.75) is 32.6 Å². The fourth-order valence-corrected chi connectivity index (χ4v) is 2.62. The van der Waals surface area contributed by atoms with Gasteiger partial charge in [-0.05, 0) is 31.0 Å². The van der Waals surface area contributed by atoms with Crippen LogP contribution < -0.4 is 0 Å². The lowest BCUT2D eigenvalue weighted by molar-refractivity contribution is 0.0923. The number of aryl methyl sites for hydroxylation is 1. The molecule has 1 aliphatic carbocycles. The topological polar surface area (TPSA) is 43.1 Å². The highest BCUT2D eigenvalue weighted by Crippen LogP contribution is 2.29. The molecular weight excluding hydrogens is 214 g/mol. The summed E-state index contributed by atoms with van der Waals surface area (Å²) < 4.78 is 5.41. The average Bonchev–Trinajstić information content (AvgIpc) is 2.94. The molecule has 1 saturated carbocycles. The molecule has 0 aliphatic heterocycles. The maximum Gasteiger partial charge on any atom is 0.192 e. The third-order valence-corrected chi connectivity index (χ3v) is 3.50. The number of aromatic nitrogens is 1. The molecule has 0 saturated heterocycles. The van der Waals surface area contributed by atoms with Crippen molar-refractivity contribution in [2.75, 3.05) is 0 Å². The summed E-state index contributed by atoms with van der Waals surface area (Å²) in [6, 6.07) is 5.55. The van der Waals surface area contributed by atoms with E-state index >= 15 is 0 Å². The van der Waals surface area contributed by atoms with Gasteiger partial charge in [-0.3, -0.25) is 4.79 Å². The lowest BCUT2D eigenvalue weighted by Crippen LogP contribution is -2.10. The first-order valence-corrected chi connectivity index (χ1v) is 6.15. The van der Waals surface area contributed by atoms with Crippen LogP contribution in [0.2, 0.25) is 0 Å². The van der Waals surface area contributed by atoms with Crippen LogP contribution in [0.3, 0.4) is 0 Å². The molecule has 0 radical (unpaired) electrons. The Labute approximate surface area is 99.8 Å². The zero-order chi connectivity index (χ0) is 11.8. The van der Waals surface area contributed by atoms with Gasteiger partial charge in [-0.1, -0.05) is 12.8 Å². The number of hydrogen-bond donors (Lipinski definition) is 0. The van der Waals surface area contributed by atoms with Crippen molar-refractivity contribution in [2.24, 2.45) is 5.92 Å². The molecule has 1 fully saturated rings. The number of carbonyl (C=O) groups is 1. The van der Waals surface area contributed by atoms with Crippen molar-refractivity contribution in [3.63, 3.8) is 0 Å². The Morgan fingerprint density at radius 3 is 2.88 bits per heavy atom. The van der Waals surface area contributed by atoms with Crippen LogP contribution in [-0.2, 0) is 0 Å². The average molecular weight is 229 g/mol. The molecule has 17 heavy (non-hydrogen) atoms. The monoisotopic (exact) mass is 229 g/mol. The fourth-order valence-electron chi connectivity index (χ4n) is 2.62. The van der Waals surface area contributed by atoms with E-state index in [9.17, 15) is 4.79 Å². The molecule has 0 amide bonds. The minimum Gasteiger partial charge on any atom is -0.441 e. The van der Waals surface area contributed by atoms with Crippen LogP contribution in [0, 0.1) is 12.8 Å². The quantitative estimate of drug-likeness (QED) is 0.740. The van der Waals surface area contributed by atoms with E-state index in [0.717, 1.165) is 29.5 Å². The van der Waals surface area contributed by atoms with Gasteiger partial charge in [0, 0.05) is 18.4 Å². The van der Waals surface area contributed by atoms with E-state index < -0.39 is 0 Å². The Hall–Kier alpha value is -1.64. The summed E-state index contributed by atoms with van der Waals surface area (Å²) in [5.74, 6) is 1.14. The van der Waals surface area contributed by atoms with Gasteiger partial charge in [0.25, 0.3) is 0 Å². The van der Waals surface area contributed by atoms with Gasteiger partial charge in [0.05, 0.1) is 0 Å². The number of hydrogen-bond acceptors (Lipinski definition) is 3. The fraction of sp³-hybridized carbons (Fsp3) is 0.429. The number of rotatable bonds is 2. The number of ketones is 1. The SMILES string of the molecule is Cc1nc2cc(C(=O)C3CCCC3)ccc2o1. The van der Waals surface area contributed by atoms with Gasteiger partial charge in [0.1, 0.15) is 5.52 Å². The largest absolute Gasteiger partial charge is 0.441 e. The number of fused-ring (bicyclic) bond motifs is 1. The van der Waals surface area contributed by atoms with E-state index in [0.29, 0.717) is 5.89 Å². The van der Waals surface area contributed by atoms with Gasteiger partial charge in [-0.25, -0.2) is 4.98 Å². The molecule has 1 heterocycles. The van der Waals surface area contributed by atoms with Crippen molar-refractivity contribution in [1.82, 2.24) is 4.98 Å². The summed E-state index contributed by atoms with van der Waals surface area (Å²) in [5, 5.41) is 0. The minimum absolute atomic E-state index is 0.223. The molecular formula is C14H15NO2. The van der Waals surface area contributed by atoms with Gasteiger partial charge in [0.15, 0.2) is 17.3 Å². The second-order valence-electron chi connectivity index (χ2n) is 4.76. The molecule has 0 N–H and O–H groups in total. The van der Waals surface area contributed by atoms with Crippen molar-refractivity contribution in [1.29, 1.82) is 0 Å². The highest BCUT2D eigenvalue weighted by molar-refractivity contribution is 6.00. The molecule has 88 valence electrons. The van der Waals surface area contributed by atoms with Crippen LogP contribution in [0.1, 0.15) is 41.9 Å². The number of carbonyl (C=O) groups excluding carboxylic acids is 1. The molecule has 1 aliphatic rings. The second-order valence-corrected chi connectivity index (χ2v) is 4.76. The number of benzene rings is 1. The van der Waals surface area contributed by atoms with Gasteiger partial charge in [-0.2, -0.15) is 0 Å². The first-order valence-electron chi connectivity index (χ1n) is 6.15. The lowest BCUT2D eigenvalue weighted by atomic mass is 9.96. The Morgan fingerprint density at radius 2 is 2.12 bits per heavy atom. The minimum atomic E-state index is 0.223. The molecule has 3 heteroatoms. The van der Waals surface area contributed by atoms with Crippen LogP contribution in [0.15, 0.2) is 22.6 Å². The van der Waals surface area contributed by atoms with Gasteiger partial charge >= 0.3 is 0 Å². The van der Waals surface area contributed by atoms with Gasteiger partial charge < -0.3 is 4.42 Å². The van der Waals surface area contributed by atoms with Gasteiger partial charge in [0.2, 0.25) is 0 Å². The first kappa shape index (κ1) is 10.5. The van der Waals surface area contributed by atoms with E-state index in [1.54, 1.807) is 0 Å². The summed E-state index contributed by atoms with van der Waals surface area (Å²) in [6.45, 7) is 1.82. The predicted octanol–water partition coefficient (Wildman–Crippen LogP) is 3.51. The van der Waals surface area contributed by atoms with Gasteiger partial charge in [-0.15, -0.1) is 0 Å².